The summed E-state index contributed by atoms with van der Waals surface area (Å²) in [5.41, 5.74) is 0.558. The van der Waals surface area contributed by atoms with Crippen LogP contribution in [0.25, 0.3) is 11.6 Å². The molecule has 1 N–H and O–H groups in total. The highest BCUT2D eigenvalue weighted by atomic mass is 19.1. The Morgan fingerprint density at radius 1 is 1.12 bits per heavy atom. The van der Waals surface area contributed by atoms with Crippen LogP contribution in [-0.2, 0) is 27.4 Å². The Morgan fingerprint density at radius 2 is 1.93 bits per heavy atom. The number of furan rings is 1. The Hall–Kier alpha value is -4.45. The van der Waals surface area contributed by atoms with Crippen molar-refractivity contribution in [2.45, 2.75) is 45.0 Å². The summed E-state index contributed by atoms with van der Waals surface area (Å²) in [5, 5.41) is 15.0. The first kappa shape index (κ1) is 27.1. The molecular weight excluding hydrogens is 522 g/mol. The molecule has 0 aliphatic carbocycles. The van der Waals surface area contributed by atoms with Crippen molar-refractivity contribution in [2.75, 3.05) is 13.2 Å². The monoisotopic (exact) mass is 550 g/mol. The fourth-order valence-corrected chi connectivity index (χ4v) is 4.54. The van der Waals surface area contributed by atoms with E-state index >= 15 is 0 Å². The third kappa shape index (κ3) is 6.40. The van der Waals surface area contributed by atoms with E-state index < -0.39 is 36.0 Å². The van der Waals surface area contributed by atoms with Crippen LogP contribution in [0.4, 0.5) is 8.78 Å². The minimum absolute atomic E-state index is 0.142. The molecule has 1 fully saturated rings. The maximum atomic E-state index is 14.8. The molecule has 1 aliphatic rings. The van der Waals surface area contributed by atoms with Gasteiger partial charge in [0, 0.05) is 25.3 Å². The van der Waals surface area contributed by atoms with Crippen LogP contribution in [-0.4, -0.2) is 56.2 Å². The van der Waals surface area contributed by atoms with Crippen molar-refractivity contribution in [3.05, 3.63) is 89.2 Å². The van der Waals surface area contributed by atoms with Gasteiger partial charge in [-0.15, -0.1) is 10.2 Å². The van der Waals surface area contributed by atoms with E-state index in [4.69, 9.17) is 9.15 Å². The van der Waals surface area contributed by atoms with Gasteiger partial charge in [0.25, 0.3) is 0 Å². The predicted octanol–water partition coefficient (Wildman–Crippen LogP) is 3.59. The first-order chi connectivity index (χ1) is 19.4. The average molecular weight is 551 g/mol. The minimum Gasteiger partial charge on any atom is -0.458 e. The molecule has 5 rings (SSSR count). The summed E-state index contributed by atoms with van der Waals surface area (Å²) < 4.78 is 39.7. The summed E-state index contributed by atoms with van der Waals surface area (Å²) in [6, 6.07) is 13.5. The highest BCUT2D eigenvalue weighted by Gasteiger charge is 2.33. The zero-order valence-corrected chi connectivity index (χ0v) is 21.8. The van der Waals surface area contributed by atoms with E-state index in [9.17, 15) is 18.4 Å². The molecule has 1 saturated heterocycles. The first-order valence-electron chi connectivity index (χ1n) is 12.9. The molecule has 0 radical (unpaired) electrons. The number of ether oxygens (including phenoxy) is 1. The number of aromatic nitrogens is 4. The molecule has 208 valence electrons. The summed E-state index contributed by atoms with van der Waals surface area (Å²) in [7, 11) is 0. The van der Waals surface area contributed by atoms with Gasteiger partial charge in [-0.25, -0.2) is 8.78 Å². The van der Waals surface area contributed by atoms with Crippen molar-refractivity contribution in [2.24, 2.45) is 0 Å². The lowest BCUT2D eigenvalue weighted by Gasteiger charge is -2.32. The Kier molecular flexibility index (Phi) is 8.25. The Labute approximate surface area is 228 Å². The number of nitrogens with zero attached hydrogens (tertiary/aromatic N) is 5. The van der Waals surface area contributed by atoms with Gasteiger partial charge in [0.05, 0.1) is 6.10 Å². The average Bonchev–Trinajstić information content (AvgIpc) is 3.72. The SMILES string of the molecule is Cc1ccc(-c2nnn(CC(=O)N(Cc3ccccc3F)[C@@H](C(=O)NC[C@@H]3CCCO3)c3ccc(F)cc3)n2)o1. The summed E-state index contributed by atoms with van der Waals surface area (Å²) in [6.07, 6.45) is 1.55. The fraction of sp³-hybridized carbons (Fsp3) is 0.321. The lowest BCUT2D eigenvalue weighted by atomic mass is 10.0. The second-order valence-electron chi connectivity index (χ2n) is 9.50. The standard InChI is InChI=1S/C28H28F2N6O4/c1-18-8-13-24(40-18)27-32-34-36(33-27)17-25(37)35(16-20-5-2-3-7-23(20)30)26(19-9-11-21(29)12-10-19)28(38)31-15-22-6-4-14-39-22/h2-3,5,7-13,22,26H,4,6,14-17H2,1H3,(H,31,38)/t22-,26+/m0/s1. The number of carbonyl (C=O) groups excluding carboxylic acids is 2. The Morgan fingerprint density at radius 3 is 2.62 bits per heavy atom. The number of nitrogens with one attached hydrogen (secondary N) is 1. The molecule has 12 heteroatoms. The van der Waals surface area contributed by atoms with Gasteiger partial charge in [0.2, 0.25) is 17.6 Å². The lowest BCUT2D eigenvalue weighted by Crippen LogP contribution is -2.46. The molecule has 10 nitrogen and oxygen atoms in total. The third-order valence-electron chi connectivity index (χ3n) is 6.58. The van der Waals surface area contributed by atoms with Gasteiger partial charge in [-0.1, -0.05) is 30.3 Å². The van der Waals surface area contributed by atoms with Crippen LogP contribution in [0.1, 0.15) is 35.8 Å². The van der Waals surface area contributed by atoms with Gasteiger partial charge in [-0.05, 0) is 60.9 Å². The van der Waals surface area contributed by atoms with Gasteiger partial charge in [0.15, 0.2) is 5.76 Å². The number of rotatable bonds is 10. The van der Waals surface area contributed by atoms with Crippen molar-refractivity contribution < 1.29 is 27.5 Å². The van der Waals surface area contributed by atoms with Crippen molar-refractivity contribution in [3.63, 3.8) is 0 Å². The molecule has 2 amide bonds. The van der Waals surface area contributed by atoms with Crippen LogP contribution in [0.2, 0.25) is 0 Å². The molecule has 0 saturated carbocycles. The quantitative estimate of drug-likeness (QED) is 0.321. The molecule has 0 unspecified atom stereocenters. The van der Waals surface area contributed by atoms with Crippen LogP contribution >= 0.6 is 0 Å². The topological polar surface area (TPSA) is 115 Å². The van der Waals surface area contributed by atoms with E-state index in [-0.39, 0.29) is 30.6 Å². The molecule has 4 aromatic rings. The van der Waals surface area contributed by atoms with E-state index in [2.05, 4.69) is 20.7 Å². The summed E-state index contributed by atoms with van der Waals surface area (Å²) in [6.45, 7) is 2.01. The first-order valence-corrected chi connectivity index (χ1v) is 12.9. The van der Waals surface area contributed by atoms with Crippen molar-refractivity contribution >= 4 is 11.8 Å². The number of aryl methyl sites for hydroxylation is 1. The Balaban J connectivity index is 1.46. The normalized spacial score (nSPS) is 15.6. The lowest BCUT2D eigenvalue weighted by molar-refractivity contribution is -0.142. The maximum Gasteiger partial charge on any atom is 0.247 e. The van der Waals surface area contributed by atoms with Crippen LogP contribution in [0.5, 0.6) is 0 Å². The number of benzene rings is 2. The molecule has 3 heterocycles. The number of carbonyl (C=O) groups is 2. The van der Waals surface area contributed by atoms with Crippen molar-refractivity contribution in [1.29, 1.82) is 0 Å². The molecule has 1 aliphatic heterocycles. The van der Waals surface area contributed by atoms with Gasteiger partial charge >= 0.3 is 0 Å². The van der Waals surface area contributed by atoms with Crippen LogP contribution in [0, 0.1) is 18.6 Å². The highest BCUT2D eigenvalue weighted by molar-refractivity contribution is 5.88. The third-order valence-corrected chi connectivity index (χ3v) is 6.58. The summed E-state index contributed by atoms with van der Waals surface area (Å²) >= 11 is 0. The minimum atomic E-state index is -1.20. The number of hydrogen-bond donors (Lipinski definition) is 1. The van der Waals surface area contributed by atoms with Crippen molar-refractivity contribution in [1.82, 2.24) is 30.4 Å². The van der Waals surface area contributed by atoms with E-state index in [0.717, 1.165) is 17.6 Å². The molecule has 2 aromatic carbocycles. The largest absolute Gasteiger partial charge is 0.458 e. The zero-order chi connectivity index (χ0) is 28.1. The molecule has 2 aromatic heterocycles. The molecule has 0 spiro atoms. The van der Waals surface area contributed by atoms with E-state index in [1.54, 1.807) is 25.1 Å². The van der Waals surface area contributed by atoms with Crippen LogP contribution in [0.3, 0.4) is 0 Å². The van der Waals surface area contributed by atoms with Gasteiger partial charge in [0.1, 0.15) is 30.0 Å². The number of hydrogen-bond acceptors (Lipinski definition) is 7. The summed E-state index contributed by atoms with van der Waals surface area (Å²) in [4.78, 5) is 29.7. The Bertz CT molecular complexity index is 1470. The fourth-order valence-electron chi connectivity index (χ4n) is 4.54. The molecule has 2 atom stereocenters. The molecular formula is C28H28F2N6O4. The number of tetrazole rings is 1. The van der Waals surface area contributed by atoms with E-state index in [1.807, 2.05) is 0 Å². The second-order valence-corrected chi connectivity index (χ2v) is 9.50. The van der Waals surface area contributed by atoms with Gasteiger partial charge < -0.3 is 19.4 Å². The molecule has 40 heavy (non-hydrogen) atoms. The van der Waals surface area contributed by atoms with Crippen LogP contribution in [0.15, 0.2) is 65.1 Å². The number of halogens is 2. The maximum absolute atomic E-state index is 14.8. The zero-order valence-electron chi connectivity index (χ0n) is 21.8. The van der Waals surface area contributed by atoms with Gasteiger partial charge in [-0.2, -0.15) is 4.80 Å². The molecule has 0 bridgehead atoms. The second kappa shape index (κ2) is 12.2. The highest BCUT2D eigenvalue weighted by Crippen LogP contribution is 2.26. The van der Waals surface area contributed by atoms with E-state index in [0.29, 0.717) is 23.7 Å². The number of amides is 2. The van der Waals surface area contributed by atoms with Crippen LogP contribution < -0.4 is 5.32 Å². The predicted molar refractivity (Wildman–Crippen MR) is 138 cm³/mol. The van der Waals surface area contributed by atoms with Gasteiger partial charge in [-0.3, -0.25) is 9.59 Å². The summed E-state index contributed by atoms with van der Waals surface area (Å²) in [5.74, 6) is -0.888. The van der Waals surface area contributed by atoms with Crippen molar-refractivity contribution in [3.8, 4) is 11.6 Å². The smallest absolute Gasteiger partial charge is 0.247 e. The van der Waals surface area contributed by atoms with E-state index in [1.165, 1.54) is 47.4 Å².